The smallest absolute Gasteiger partial charge is 0.251 e. The predicted molar refractivity (Wildman–Crippen MR) is 80.5 cm³/mol. The van der Waals surface area contributed by atoms with Gasteiger partial charge in [0.05, 0.1) is 5.75 Å². The summed E-state index contributed by atoms with van der Waals surface area (Å²) >= 11 is 0. The van der Waals surface area contributed by atoms with Crippen molar-refractivity contribution in [3.8, 4) is 0 Å². The van der Waals surface area contributed by atoms with E-state index in [-0.39, 0.29) is 18.2 Å². The third-order valence-corrected chi connectivity index (χ3v) is 4.79. The van der Waals surface area contributed by atoms with E-state index in [1.165, 1.54) is 14.1 Å². The van der Waals surface area contributed by atoms with E-state index in [1.54, 1.807) is 12.1 Å². The summed E-state index contributed by atoms with van der Waals surface area (Å²) < 4.78 is 24.2. The monoisotopic (exact) mass is 299 g/mol. The van der Waals surface area contributed by atoms with Crippen molar-refractivity contribution in [2.45, 2.75) is 6.92 Å². The summed E-state index contributed by atoms with van der Waals surface area (Å²) in [4.78, 5) is 11.9. The van der Waals surface area contributed by atoms with Crippen molar-refractivity contribution in [1.29, 1.82) is 0 Å². The van der Waals surface area contributed by atoms with Crippen LogP contribution in [-0.2, 0) is 10.0 Å². The van der Waals surface area contributed by atoms with Gasteiger partial charge in [0.25, 0.3) is 5.91 Å². The van der Waals surface area contributed by atoms with Gasteiger partial charge in [-0.05, 0) is 30.7 Å². The molecule has 0 aliphatic rings. The first-order chi connectivity index (χ1) is 9.27. The Morgan fingerprint density at radius 1 is 1.30 bits per heavy atom. The minimum absolute atomic E-state index is 0.0895. The molecule has 0 atom stereocenters. The average Bonchev–Trinajstić information content (AvgIpc) is 2.38. The maximum atomic E-state index is 11.9. The van der Waals surface area contributed by atoms with Crippen molar-refractivity contribution >= 4 is 21.6 Å². The molecular weight excluding hydrogens is 278 g/mol. The molecule has 0 radical (unpaired) electrons. The van der Waals surface area contributed by atoms with E-state index < -0.39 is 10.0 Å². The molecule has 1 amide bonds. The fourth-order valence-electron chi connectivity index (χ4n) is 1.66. The molecule has 0 spiro atoms. The number of carbonyl (C=O) groups excluding carboxylic acids is 1. The molecule has 1 rings (SSSR count). The zero-order valence-corrected chi connectivity index (χ0v) is 13.0. The lowest BCUT2D eigenvalue weighted by Gasteiger charge is -2.12. The number of nitrogens with zero attached hydrogens (tertiary/aromatic N) is 1. The van der Waals surface area contributed by atoms with Crippen LogP contribution in [0, 0.1) is 6.92 Å². The van der Waals surface area contributed by atoms with Gasteiger partial charge in [0, 0.05) is 38.9 Å². The van der Waals surface area contributed by atoms with Crippen LogP contribution in [0.3, 0.4) is 0 Å². The Hall–Kier alpha value is -1.60. The number of rotatable bonds is 6. The molecule has 0 bridgehead atoms. The van der Waals surface area contributed by atoms with E-state index in [4.69, 9.17) is 0 Å². The summed E-state index contributed by atoms with van der Waals surface area (Å²) in [6.07, 6.45) is 0. The molecular formula is C13H21N3O3S. The first-order valence-corrected chi connectivity index (χ1v) is 7.85. The second-order valence-corrected chi connectivity index (χ2v) is 6.94. The first kappa shape index (κ1) is 16.5. The molecule has 6 nitrogen and oxygen atoms in total. The van der Waals surface area contributed by atoms with Crippen molar-refractivity contribution in [2.75, 3.05) is 38.8 Å². The fourth-order valence-corrected chi connectivity index (χ4v) is 2.39. The van der Waals surface area contributed by atoms with Crippen molar-refractivity contribution in [3.63, 3.8) is 0 Å². The lowest BCUT2D eigenvalue weighted by atomic mass is 10.1. The Morgan fingerprint density at radius 3 is 2.45 bits per heavy atom. The van der Waals surface area contributed by atoms with Crippen molar-refractivity contribution in [1.82, 2.24) is 9.62 Å². The second-order valence-electron chi connectivity index (χ2n) is 4.63. The molecule has 0 aliphatic carbocycles. The minimum Gasteiger partial charge on any atom is -0.388 e. The topological polar surface area (TPSA) is 78.5 Å². The van der Waals surface area contributed by atoms with Crippen LogP contribution in [0.2, 0.25) is 0 Å². The largest absolute Gasteiger partial charge is 0.388 e. The molecule has 0 aliphatic heterocycles. The maximum Gasteiger partial charge on any atom is 0.251 e. The van der Waals surface area contributed by atoms with Gasteiger partial charge in [-0.2, -0.15) is 0 Å². The molecule has 7 heteroatoms. The summed E-state index contributed by atoms with van der Waals surface area (Å²) in [5, 5.41) is 5.63. The van der Waals surface area contributed by atoms with Crippen LogP contribution in [0.15, 0.2) is 18.2 Å². The Balaban J connectivity index is 2.62. The first-order valence-electron chi connectivity index (χ1n) is 6.24. The molecule has 1 aromatic carbocycles. The van der Waals surface area contributed by atoms with E-state index in [2.05, 4.69) is 10.6 Å². The predicted octanol–water partition coefficient (Wildman–Crippen LogP) is 0.658. The number of aryl methyl sites for hydroxylation is 1. The normalized spacial score (nSPS) is 11.4. The average molecular weight is 299 g/mol. The Bertz CT molecular complexity index is 583. The fraction of sp³-hybridized carbons (Fsp3) is 0.462. The number of hydrogen-bond donors (Lipinski definition) is 2. The maximum absolute atomic E-state index is 11.9. The van der Waals surface area contributed by atoms with Crippen LogP contribution < -0.4 is 10.6 Å². The molecule has 112 valence electrons. The molecule has 2 N–H and O–H groups in total. The van der Waals surface area contributed by atoms with Crippen molar-refractivity contribution in [3.05, 3.63) is 29.3 Å². The molecule has 0 unspecified atom stereocenters. The van der Waals surface area contributed by atoms with Crippen molar-refractivity contribution in [2.24, 2.45) is 0 Å². The summed E-state index contributed by atoms with van der Waals surface area (Å²) in [6, 6.07) is 5.29. The van der Waals surface area contributed by atoms with E-state index in [1.807, 2.05) is 20.0 Å². The molecule has 0 saturated carbocycles. The molecule has 0 aromatic heterocycles. The number of amides is 1. The van der Waals surface area contributed by atoms with Gasteiger partial charge in [-0.1, -0.05) is 0 Å². The molecule has 20 heavy (non-hydrogen) atoms. The van der Waals surface area contributed by atoms with E-state index in [0.717, 1.165) is 15.6 Å². The van der Waals surface area contributed by atoms with Gasteiger partial charge in [0.1, 0.15) is 0 Å². The summed E-state index contributed by atoms with van der Waals surface area (Å²) in [6.45, 7) is 1.99. The van der Waals surface area contributed by atoms with Gasteiger partial charge >= 0.3 is 0 Å². The van der Waals surface area contributed by atoms with Crippen molar-refractivity contribution < 1.29 is 13.2 Å². The standard InChI is InChI=1S/C13H21N3O3S/c1-10-9-11(5-6-12(10)14-2)13(17)15-7-8-20(18,19)16(3)4/h5-6,9,14H,7-8H2,1-4H3,(H,15,17). The Morgan fingerprint density at radius 2 is 1.95 bits per heavy atom. The quantitative estimate of drug-likeness (QED) is 0.809. The third kappa shape index (κ3) is 4.21. The van der Waals surface area contributed by atoms with Crippen LogP contribution in [0.4, 0.5) is 5.69 Å². The van der Waals surface area contributed by atoms with Crippen LogP contribution in [0.1, 0.15) is 15.9 Å². The molecule has 0 fully saturated rings. The lowest BCUT2D eigenvalue weighted by Crippen LogP contribution is -2.33. The number of anilines is 1. The zero-order valence-electron chi connectivity index (χ0n) is 12.2. The molecule has 1 aromatic rings. The van der Waals surface area contributed by atoms with Gasteiger partial charge in [0.2, 0.25) is 10.0 Å². The van der Waals surface area contributed by atoms with Gasteiger partial charge in [-0.25, -0.2) is 12.7 Å². The van der Waals surface area contributed by atoms with Gasteiger partial charge in [0.15, 0.2) is 0 Å². The highest BCUT2D eigenvalue weighted by atomic mass is 32.2. The third-order valence-electron chi connectivity index (χ3n) is 2.96. The Labute approximate surface area is 120 Å². The number of sulfonamides is 1. The van der Waals surface area contributed by atoms with Gasteiger partial charge in [-0.15, -0.1) is 0 Å². The number of nitrogens with one attached hydrogen (secondary N) is 2. The number of hydrogen-bond acceptors (Lipinski definition) is 4. The number of carbonyl (C=O) groups is 1. The highest BCUT2D eigenvalue weighted by Gasteiger charge is 2.14. The van der Waals surface area contributed by atoms with Gasteiger partial charge < -0.3 is 10.6 Å². The molecule has 0 saturated heterocycles. The lowest BCUT2D eigenvalue weighted by molar-refractivity contribution is 0.0956. The summed E-state index contributed by atoms with van der Waals surface area (Å²) in [5.74, 6) is -0.385. The summed E-state index contributed by atoms with van der Waals surface area (Å²) in [5.41, 5.74) is 2.43. The highest BCUT2D eigenvalue weighted by molar-refractivity contribution is 7.89. The summed E-state index contributed by atoms with van der Waals surface area (Å²) in [7, 11) is 1.47. The van der Waals surface area contributed by atoms with Crippen LogP contribution >= 0.6 is 0 Å². The SMILES string of the molecule is CNc1ccc(C(=O)NCCS(=O)(=O)N(C)C)cc1C. The van der Waals surface area contributed by atoms with E-state index >= 15 is 0 Å². The highest BCUT2D eigenvalue weighted by Crippen LogP contribution is 2.15. The second kappa shape index (κ2) is 6.71. The van der Waals surface area contributed by atoms with E-state index in [9.17, 15) is 13.2 Å². The Kier molecular flexibility index (Phi) is 5.52. The van der Waals surface area contributed by atoms with E-state index in [0.29, 0.717) is 5.56 Å². The van der Waals surface area contributed by atoms with Crippen LogP contribution in [0.5, 0.6) is 0 Å². The van der Waals surface area contributed by atoms with Gasteiger partial charge in [-0.3, -0.25) is 4.79 Å². The minimum atomic E-state index is -3.29. The molecule has 0 heterocycles. The zero-order chi connectivity index (χ0) is 15.3. The number of benzene rings is 1. The van der Waals surface area contributed by atoms with Crippen LogP contribution in [0.25, 0.3) is 0 Å². The van der Waals surface area contributed by atoms with Crippen LogP contribution in [-0.4, -0.2) is 52.1 Å².